The maximum absolute atomic E-state index is 13.8. The number of carbonyl (C=O) groups excluding carboxylic acids is 1. The number of rotatable bonds is 3. The van der Waals surface area contributed by atoms with Crippen molar-refractivity contribution in [2.45, 2.75) is 24.3 Å². The molecule has 0 radical (unpaired) electrons. The molecule has 0 saturated carbocycles. The number of hydrogen-bond acceptors (Lipinski definition) is 3. The van der Waals surface area contributed by atoms with Crippen molar-refractivity contribution in [1.82, 2.24) is 10.6 Å². The zero-order chi connectivity index (χ0) is 14.1. The van der Waals surface area contributed by atoms with Gasteiger partial charge < -0.3 is 10.6 Å². The van der Waals surface area contributed by atoms with E-state index in [2.05, 4.69) is 10.6 Å². The van der Waals surface area contributed by atoms with E-state index in [4.69, 9.17) is 0 Å². The van der Waals surface area contributed by atoms with Gasteiger partial charge in [-0.2, -0.15) is 0 Å². The summed E-state index contributed by atoms with van der Waals surface area (Å²) in [6, 6.07) is 5.08. The number of hydrogen-bond donors (Lipinski definition) is 2. The van der Waals surface area contributed by atoms with E-state index in [1.54, 1.807) is 17.8 Å². The highest BCUT2D eigenvalue weighted by Gasteiger charge is 2.31. The minimum atomic E-state index is -0.178. The number of benzene rings is 1. The van der Waals surface area contributed by atoms with Crippen molar-refractivity contribution in [3.8, 4) is 0 Å². The summed E-state index contributed by atoms with van der Waals surface area (Å²) >= 11 is 1.54. The molecule has 0 spiro atoms. The molecule has 2 unspecified atom stereocenters. The Balaban J connectivity index is 1.72. The molecule has 2 aliphatic rings. The van der Waals surface area contributed by atoms with Crippen LogP contribution in [-0.4, -0.2) is 24.7 Å². The van der Waals surface area contributed by atoms with Crippen LogP contribution in [0.15, 0.2) is 23.1 Å². The Kier molecular flexibility index (Phi) is 3.98. The second-order valence-electron chi connectivity index (χ2n) is 5.56. The van der Waals surface area contributed by atoms with Crippen LogP contribution in [0.25, 0.3) is 0 Å². The molecule has 2 heterocycles. The molecule has 1 saturated heterocycles. The molecular formula is C15H19FN2OS. The van der Waals surface area contributed by atoms with Crippen molar-refractivity contribution in [3.05, 3.63) is 29.6 Å². The normalized spacial score (nSPS) is 23.6. The molecule has 2 N–H and O–H groups in total. The fourth-order valence-electron chi connectivity index (χ4n) is 2.72. The first-order chi connectivity index (χ1) is 9.66. The van der Waals surface area contributed by atoms with Gasteiger partial charge in [0.15, 0.2) is 0 Å². The number of nitrogens with one attached hydrogen (secondary N) is 2. The van der Waals surface area contributed by atoms with E-state index in [9.17, 15) is 9.18 Å². The summed E-state index contributed by atoms with van der Waals surface area (Å²) in [6.45, 7) is 3.81. The molecule has 5 heteroatoms. The second-order valence-corrected chi connectivity index (χ2v) is 6.67. The molecular weight excluding hydrogens is 275 g/mol. The van der Waals surface area contributed by atoms with Gasteiger partial charge in [-0.15, -0.1) is 11.8 Å². The molecule has 108 valence electrons. The fraction of sp³-hybridized carbons (Fsp3) is 0.533. The van der Waals surface area contributed by atoms with Gasteiger partial charge in [-0.3, -0.25) is 4.79 Å². The topological polar surface area (TPSA) is 41.1 Å². The molecule has 3 rings (SSSR count). The molecule has 0 aromatic heterocycles. The predicted molar refractivity (Wildman–Crippen MR) is 78.1 cm³/mol. The Morgan fingerprint density at radius 3 is 3.00 bits per heavy atom. The van der Waals surface area contributed by atoms with Crippen molar-refractivity contribution in [2.75, 3.05) is 18.8 Å². The van der Waals surface area contributed by atoms with Crippen LogP contribution in [0.4, 0.5) is 4.39 Å². The minimum absolute atomic E-state index is 0.0165. The Hall–Kier alpha value is -1.07. The van der Waals surface area contributed by atoms with E-state index < -0.39 is 0 Å². The van der Waals surface area contributed by atoms with E-state index in [0.717, 1.165) is 30.8 Å². The summed E-state index contributed by atoms with van der Waals surface area (Å²) in [6.07, 6.45) is 0.864. The third kappa shape index (κ3) is 2.56. The van der Waals surface area contributed by atoms with Crippen molar-refractivity contribution < 1.29 is 9.18 Å². The Bertz CT molecular complexity index is 519. The molecule has 20 heavy (non-hydrogen) atoms. The van der Waals surface area contributed by atoms with Crippen molar-refractivity contribution in [3.63, 3.8) is 0 Å². The Morgan fingerprint density at radius 1 is 1.50 bits per heavy atom. The first-order valence-corrected chi connectivity index (χ1v) is 8.07. The van der Waals surface area contributed by atoms with Gasteiger partial charge in [0.1, 0.15) is 5.82 Å². The van der Waals surface area contributed by atoms with E-state index >= 15 is 0 Å². The van der Waals surface area contributed by atoms with Crippen LogP contribution in [0.3, 0.4) is 0 Å². The number of carbonyl (C=O) groups is 1. The monoisotopic (exact) mass is 294 g/mol. The van der Waals surface area contributed by atoms with Crippen LogP contribution in [0, 0.1) is 17.7 Å². The number of thioether (sulfide) groups is 1. The Morgan fingerprint density at radius 2 is 2.30 bits per heavy atom. The SMILES string of the molecule is CC(C(=O)NC1CCSc2c(F)cccc21)C1CNC1. The molecule has 0 aliphatic carbocycles. The van der Waals surface area contributed by atoms with Gasteiger partial charge in [0, 0.05) is 16.6 Å². The Labute approximate surface area is 122 Å². The number of amides is 1. The molecule has 3 nitrogen and oxygen atoms in total. The van der Waals surface area contributed by atoms with Gasteiger partial charge in [-0.25, -0.2) is 4.39 Å². The lowest BCUT2D eigenvalue weighted by atomic mass is 9.88. The molecule has 1 fully saturated rings. The lowest BCUT2D eigenvalue weighted by molar-refractivity contribution is -0.127. The second kappa shape index (κ2) is 5.74. The van der Waals surface area contributed by atoms with Gasteiger partial charge in [0.2, 0.25) is 5.91 Å². The van der Waals surface area contributed by atoms with Crippen LogP contribution in [-0.2, 0) is 4.79 Å². The van der Waals surface area contributed by atoms with Crippen LogP contribution >= 0.6 is 11.8 Å². The first-order valence-electron chi connectivity index (χ1n) is 7.09. The van der Waals surface area contributed by atoms with Gasteiger partial charge in [0.25, 0.3) is 0 Å². The summed E-state index contributed by atoms with van der Waals surface area (Å²) in [5.41, 5.74) is 0.925. The lowest BCUT2D eigenvalue weighted by Gasteiger charge is -2.33. The average molecular weight is 294 g/mol. The van der Waals surface area contributed by atoms with Crippen molar-refractivity contribution in [1.29, 1.82) is 0 Å². The zero-order valence-corrected chi connectivity index (χ0v) is 12.3. The maximum atomic E-state index is 13.8. The molecule has 2 atom stereocenters. The van der Waals surface area contributed by atoms with Crippen LogP contribution in [0.5, 0.6) is 0 Å². The van der Waals surface area contributed by atoms with Crippen molar-refractivity contribution in [2.24, 2.45) is 11.8 Å². The molecule has 2 aliphatic heterocycles. The third-order valence-corrected chi connectivity index (χ3v) is 5.44. The van der Waals surface area contributed by atoms with E-state index in [0.29, 0.717) is 10.8 Å². The maximum Gasteiger partial charge on any atom is 0.223 e. The fourth-order valence-corrected chi connectivity index (χ4v) is 3.86. The smallest absolute Gasteiger partial charge is 0.223 e. The molecule has 1 aromatic rings. The largest absolute Gasteiger partial charge is 0.349 e. The number of halogens is 1. The van der Waals surface area contributed by atoms with Crippen molar-refractivity contribution >= 4 is 17.7 Å². The zero-order valence-electron chi connectivity index (χ0n) is 11.5. The highest BCUT2D eigenvalue weighted by molar-refractivity contribution is 7.99. The summed E-state index contributed by atoms with van der Waals surface area (Å²) in [5.74, 6) is 1.20. The van der Waals surface area contributed by atoms with Crippen LogP contribution in [0.1, 0.15) is 24.9 Å². The summed E-state index contributed by atoms with van der Waals surface area (Å²) < 4.78 is 13.8. The predicted octanol–water partition coefficient (Wildman–Crippen LogP) is 2.33. The first kappa shape index (κ1) is 13.9. The van der Waals surface area contributed by atoms with E-state index in [1.165, 1.54) is 6.07 Å². The molecule has 1 amide bonds. The highest BCUT2D eigenvalue weighted by Crippen LogP contribution is 2.37. The number of fused-ring (bicyclic) bond motifs is 1. The van der Waals surface area contributed by atoms with Gasteiger partial charge in [0.05, 0.1) is 6.04 Å². The highest BCUT2D eigenvalue weighted by atomic mass is 32.2. The van der Waals surface area contributed by atoms with Gasteiger partial charge in [-0.05, 0) is 37.1 Å². The average Bonchev–Trinajstić information content (AvgIpc) is 2.38. The summed E-state index contributed by atoms with van der Waals surface area (Å²) in [4.78, 5) is 13.0. The van der Waals surface area contributed by atoms with Crippen LogP contribution < -0.4 is 10.6 Å². The summed E-state index contributed by atoms with van der Waals surface area (Å²) in [7, 11) is 0. The molecule has 0 bridgehead atoms. The van der Waals surface area contributed by atoms with E-state index in [1.807, 2.05) is 13.0 Å². The van der Waals surface area contributed by atoms with Gasteiger partial charge in [-0.1, -0.05) is 19.1 Å². The quantitative estimate of drug-likeness (QED) is 0.899. The standard InChI is InChI=1S/C15H19FN2OS/c1-9(10-7-17-8-10)15(19)18-13-5-6-20-14-11(13)3-2-4-12(14)16/h2-4,9-10,13,17H,5-8H2,1H3,(H,18,19). The van der Waals surface area contributed by atoms with Gasteiger partial charge >= 0.3 is 0 Å². The lowest BCUT2D eigenvalue weighted by Crippen LogP contribution is -2.50. The summed E-state index contributed by atoms with van der Waals surface area (Å²) in [5, 5.41) is 6.30. The van der Waals surface area contributed by atoms with E-state index in [-0.39, 0.29) is 23.7 Å². The van der Waals surface area contributed by atoms with Crippen LogP contribution in [0.2, 0.25) is 0 Å². The minimum Gasteiger partial charge on any atom is -0.349 e. The third-order valence-electron chi connectivity index (χ3n) is 4.28. The molecule has 1 aromatic carbocycles.